The third kappa shape index (κ3) is 7.37. The lowest BCUT2D eigenvalue weighted by Crippen LogP contribution is -2.23. The van der Waals surface area contributed by atoms with Crippen molar-refractivity contribution in [3.63, 3.8) is 0 Å². The van der Waals surface area contributed by atoms with Gasteiger partial charge >= 0.3 is 11.9 Å². The number of amides is 1. The molecule has 0 aromatic heterocycles. The first-order valence-electron chi connectivity index (χ1n) is 8.71. The van der Waals surface area contributed by atoms with Crippen molar-refractivity contribution in [1.82, 2.24) is 0 Å². The molecule has 0 spiro atoms. The quantitative estimate of drug-likeness (QED) is 0.523. The van der Waals surface area contributed by atoms with Crippen molar-refractivity contribution in [3.05, 3.63) is 29.8 Å². The summed E-state index contributed by atoms with van der Waals surface area (Å²) in [7, 11) is 0. The maximum Gasteiger partial charge on any atom is 0.335 e. The average Bonchev–Trinajstić information content (AvgIpc) is 2.56. The Morgan fingerprint density at radius 3 is 2.20 bits per heavy atom. The van der Waals surface area contributed by atoms with E-state index in [1.165, 1.54) is 24.3 Å². The fraction of sp³-hybridized carbons (Fsp3) is 0.526. The van der Waals surface area contributed by atoms with Gasteiger partial charge in [0.05, 0.1) is 11.5 Å². The van der Waals surface area contributed by atoms with E-state index in [-0.39, 0.29) is 23.8 Å². The predicted octanol–water partition coefficient (Wildman–Crippen LogP) is 4.02. The summed E-state index contributed by atoms with van der Waals surface area (Å²) in [6.07, 6.45) is 4.33. The Bertz CT molecular complexity index is 582. The number of benzene rings is 1. The number of nitrogens with one attached hydrogen (secondary N) is 1. The molecule has 6 heteroatoms. The molecule has 0 saturated carbocycles. The molecule has 0 bridgehead atoms. The molecular weight excluding hydrogens is 322 g/mol. The van der Waals surface area contributed by atoms with Gasteiger partial charge in [-0.25, -0.2) is 4.79 Å². The second kappa shape index (κ2) is 10.5. The van der Waals surface area contributed by atoms with Crippen LogP contribution in [0.3, 0.4) is 0 Å². The van der Waals surface area contributed by atoms with Crippen LogP contribution in [0.4, 0.5) is 5.69 Å². The summed E-state index contributed by atoms with van der Waals surface area (Å²) >= 11 is 0. The number of anilines is 1. The highest BCUT2D eigenvalue weighted by Crippen LogP contribution is 2.24. The third-order valence-electron chi connectivity index (χ3n) is 4.37. The molecule has 1 amide bonds. The first kappa shape index (κ1) is 20.7. The van der Waals surface area contributed by atoms with Crippen LogP contribution in [0.5, 0.6) is 0 Å². The Balaban J connectivity index is 2.47. The number of carboxylic acids is 2. The van der Waals surface area contributed by atoms with Crippen LogP contribution in [0.2, 0.25) is 0 Å². The molecule has 25 heavy (non-hydrogen) atoms. The van der Waals surface area contributed by atoms with E-state index in [1.54, 1.807) is 0 Å². The van der Waals surface area contributed by atoms with Crippen molar-refractivity contribution in [1.29, 1.82) is 0 Å². The third-order valence-corrected chi connectivity index (χ3v) is 4.37. The van der Waals surface area contributed by atoms with Crippen LogP contribution in [0, 0.1) is 11.8 Å². The van der Waals surface area contributed by atoms with Crippen molar-refractivity contribution in [2.75, 3.05) is 5.32 Å². The molecule has 0 aliphatic heterocycles. The van der Waals surface area contributed by atoms with Crippen molar-refractivity contribution in [2.45, 2.75) is 52.4 Å². The van der Waals surface area contributed by atoms with Gasteiger partial charge in [-0.3, -0.25) is 9.59 Å². The Labute approximate surface area is 148 Å². The molecule has 3 N–H and O–H groups in total. The molecular formula is C19H27NO5. The number of hydrogen-bond acceptors (Lipinski definition) is 3. The number of unbranched alkanes of at least 4 members (excludes halogenated alkanes) is 2. The van der Waals surface area contributed by atoms with Gasteiger partial charge in [0.1, 0.15) is 0 Å². The minimum absolute atomic E-state index is 0.0745. The smallest absolute Gasteiger partial charge is 0.335 e. The molecule has 0 saturated heterocycles. The van der Waals surface area contributed by atoms with E-state index in [0.29, 0.717) is 18.5 Å². The first-order valence-corrected chi connectivity index (χ1v) is 8.71. The Kier molecular flexibility index (Phi) is 8.67. The summed E-state index contributed by atoms with van der Waals surface area (Å²) in [5.74, 6) is -2.51. The minimum Gasteiger partial charge on any atom is -0.481 e. The lowest BCUT2D eigenvalue weighted by Gasteiger charge is -2.20. The van der Waals surface area contributed by atoms with Crippen molar-refractivity contribution < 1.29 is 24.6 Å². The first-order chi connectivity index (χ1) is 11.8. The maximum atomic E-state index is 12.0. The Hall–Kier alpha value is -2.37. The molecule has 0 unspecified atom stereocenters. The predicted molar refractivity (Wildman–Crippen MR) is 95.7 cm³/mol. The number of hydrogen-bond donors (Lipinski definition) is 3. The molecule has 1 aromatic carbocycles. The number of aliphatic carboxylic acids is 1. The molecule has 2 atom stereocenters. The molecule has 138 valence electrons. The van der Waals surface area contributed by atoms with Crippen LogP contribution in [0.1, 0.15) is 62.7 Å². The summed E-state index contributed by atoms with van der Waals surface area (Å²) in [6.45, 7) is 3.95. The van der Waals surface area contributed by atoms with Crippen LogP contribution in [-0.4, -0.2) is 28.1 Å². The van der Waals surface area contributed by atoms with E-state index >= 15 is 0 Å². The van der Waals surface area contributed by atoms with Crippen LogP contribution in [0.15, 0.2) is 24.3 Å². The van der Waals surface area contributed by atoms with Gasteiger partial charge in [-0.2, -0.15) is 0 Å². The van der Waals surface area contributed by atoms with Gasteiger partial charge in [0, 0.05) is 12.1 Å². The van der Waals surface area contributed by atoms with E-state index in [1.807, 2.05) is 6.92 Å². The normalized spacial score (nSPS) is 13.0. The number of carboxylic acid groups (broad SMARTS) is 2. The average molecular weight is 349 g/mol. The number of carbonyl (C=O) groups is 3. The van der Waals surface area contributed by atoms with Gasteiger partial charge in [0.15, 0.2) is 0 Å². The maximum absolute atomic E-state index is 12.0. The van der Waals surface area contributed by atoms with Crippen LogP contribution in [0.25, 0.3) is 0 Å². The molecule has 1 rings (SSSR count). The highest BCUT2D eigenvalue weighted by molar-refractivity contribution is 5.92. The van der Waals surface area contributed by atoms with Gasteiger partial charge in [-0.15, -0.1) is 0 Å². The van der Waals surface area contributed by atoms with E-state index in [2.05, 4.69) is 12.2 Å². The second-order valence-corrected chi connectivity index (χ2v) is 6.39. The van der Waals surface area contributed by atoms with E-state index < -0.39 is 17.9 Å². The van der Waals surface area contributed by atoms with Gasteiger partial charge in [0.25, 0.3) is 0 Å². The molecule has 0 aliphatic rings. The van der Waals surface area contributed by atoms with E-state index in [0.717, 1.165) is 19.3 Å². The van der Waals surface area contributed by atoms with E-state index in [9.17, 15) is 19.5 Å². The zero-order valence-corrected chi connectivity index (χ0v) is 14.8. The molecule has 1 aromatic rings. The van der Waals surface area contributed by atoms with Gasteiger partial charge in [-0.1, -0.05) is 33.1 Å². The van der Waals surface area contributed by atoms with Gasteiger partial charge in [-0.05, 0) is 43.0 Å². The van der Waals surface area contributed by atoms with E-state index in [4.69, 9.17) is 5.11 Å². The van der Waals surface area contributed by atoms with Crippen molar-refractivity contribution in [3.8, 4) is 0 Å². The topological polar surface area (TPSA) is 104 Å². The number of rotatable bonds is 11. The summed E-state index contributed by atoms with van der Waals surface area (Å²) in [5.41, 5.74) is 0.684. The lowest BCUT2D eigenvalue weighted by atomic mass is 9.86. The summed E-state index contributed by atoms with van der Waals surface area (Å²) < 4.78 is 0. The lowest BCUT2D eigenvalue weighted by molar-refractivity contribution is -0.144. The molecule has 0 radical (unpaired) electrons. The summed E-state index contributed by atoms with van der Waals surface area (Å²) in [5, 5.41) is 20.9. The fourth-order valence-corrected chi connectivity index (χ4v) is 2.75. The summed E-state index contributed by atoms with van der Waals surface area (Å²) in [6, 6.07) is 5.93. The monoisotopic (exact) mass is 349 g/mol. The van der Waals surface area contributed by atoms with Crippen LogP contribution in [-0.2, 0) is 9.59 Å². The molecule has 0 fully saturated rings. The molecule has 0 aliphatic carbocycles. The SMILES string of the molecule is CCCCC[C@H](C(=O)O)[C@@H](C)CCC(=O)Nc1ccc(C(=O)O)cc1. The van der Waals surface area contributed by atoms with Gasteiger partial charge in [0.2, 0.25) is 5.91 Å². The number of aromatic carboxylic acids is 1. The zero-order chi connectivity index (χ0) is 18.8. The van der Waals surface area contributed by atoms with Crippen LogP contribution < -0.4 is 5.32 Å². The highest BCUT2D eigenvalue weighted by Gasteiger charge is 2.24. The van der Waals surface area contributed by atoms with Gasteiger partial charge < -0.3 is 15.5 Å². The largest absolute Gasteiger partial charge is 0.481 e. The Morgan fingerprint density at radius 1 is 1.04 bits per heavy atom. The minimum atomic E-state index is -1.02. The van der Waals surface area contributed by atoms with Crippen molar-refractivity contribution in [2.24, 2.45) is 11.8 Å². The molecule has 0 heterocycles. The fourth-order valence-electron chi connectivity index (χ4n) is 2.75. The highest BCUT2D eigenvalue weighted by atomic mass is 16.4. The standard InChI is InChI=1S/C19H27NO5/c1-3-4-5-6-16(19(24)25)13(2)7-12-17(21)20-15-10-8-14(9-11-15)18(22)23/h8-11,13,16H,3-7,12H2,1-2H3,(H,20,21)(H,22,23)(H,24,25)/t13-,16-/m0/s1. The number of carbonyl (C=O) groups excluding carboxylic acids is 1. The molecule has 6 nitrogen and oxygen atoms in total. The Morgan fingerprint density at radius 2 is 1.68 bits per heavy atom. The second-order valence-electron chi connectivity index (χ2n) is 6.39. The van der Waals surface area contributed by atoms with Crippen LogP contribution >= 0.6 is 0 Å². The van der Waals surface area contributed by atoms with Crippen molar-refractivity contribution >= 4 is 23.5 Å². The summed E-state index contributed by atoms with van der Waals surface area (Å²) in [4.78, 5) is 34.2. The zero-order valence-electron chi connectivity index (χ0n) is 14.8.